The molecule has 1 atom stereocenters. The zero-order valence-electron chi connectivity index (χ0n) is 13.2. The molecule has 0 amide bonds. The molecule has 1 aromatic carbocycles. The van der Waals surface area contributed by atoms with Crippen molar-refractivity contribution in [3.05, 3.63) is 24.4 Å². The Kier molecular flexibility index (Phi) is 4.15. The van der Waals surface area contributed by atoms with E-state index in [2.05, 4.69) is 15.6 Å². The van der Waals surface area contributed by atoms with Gasteiger partial charge in [-0.1, -0.05) is 11.6 Å². The van der Waals surface area contributed by atoms with Crippen molar-refractivity contribution in [2.24, 2.45) is 0 Å². The number of benzene rings is 1. The molecule has 0 radical (unpaired) electrons. The summed E-state index contributed by atoms with van der Waals surface area (Å²) in [5.41, 5.74) is 2.09. The van der Waals surface area contributed by atoms with Crippen LogP contribution in [0.25, 0.3) is 11.3 Å². The fourth-order valence-electron chi connectivity index (χ4n) is 3.30. The van der Waals surface area contributed by atoms with Gasteiger partial charge >= 0.3 is 0 Å². The summed E-state index contributed by atoms with van der Waals surface area (Å²) in [6.07, 6.45) is 6.78. The molecule has 1 unspecified atom stereocenters. The molecule has 0 bridgehead atoms. The molecular formula is C17H22N4O2. The number of nitrogens with one attached hydrogen (secondary N) is 1. The molecule has 2 aromatic rings. The molecule has 4 rings (SSSR count). The lowest BCUT2D eigenvalue weighted by molar-refractivity contribution is 0.171. The number of hydrogen-bond donors (Lipinski definition) is 1. The van der Waals surface area contributed by atoms with Crippen LogP contribution in [0, 0.1) is 0 Å². The fourth-order valence-corrected chi connectivity index (χ4v) is 3.30. The summed E-state index contributed by atoms with van der Waals surface area (Å²) in [6, 6.07) is 6.62. The van der Waals surface area contributed by atoms with E-state index in [9.17, 15) is 0 Å². The van der Waals surface area contributed by atoms with E-state index in [-0.39, 0.29) is 0 Å². The number of hydrogen-bond acceptors (Lipinski definition) is 5. The van der Waals surface area contributed by atoms with Crippen LogP contribution in [0.1, 0.15) is 25.7 Å². The molecule has 3 heterocycles. The third kappa shape index (κ3) is 3.17. The Morgan fingerprint density at radius 3 is 2.96 bits per heavy atom. The lowest BCUT2D eigenvalue weighted by atomic mass is 10.0. The molecule has 2 aliphatic heterocycles. The van der Waals surface area contributed by atoms with Gasteiger partial charge in [0.1, 0.15) is 13.2 Å². The van der Waals surface area contributed by atoms with Gasteiger partial charge in [-0.15, -0.1) is 5.10 Å². The number of aryl methyl sites for hydroxylation is 1. The number of aromatic nitrogens is 3. The van der Waals surface area contributed by atoms with Crippen molar-refractivity contribution in [1.29, 1.82) is 0 Å². The summed E-state index contributed by atoms with van der Waals surface area (Å²) < 4.78 is 13.2. The Bertz CT molecular complexity index is 664. The highest BCUT2D eigenvalue weighted by Crippen LogP contribution is 2.34. The number of ether oxygens (including phenoxy) is 2. The van der Waals surface area contributed by atoms with Crippen LogP contribution in [0.3, 0.4) is 0 Å². The van der Waals surface area contributed by atoms with Crippen LogP contribution in [0.2, 0.25) is 0 Å². The molecular weight excluding hydrogens is 292 g/mol. The first kappa shape index (κ1) is 14.5. The number of fused-ring (bicyclic) bond motifs is 1. The third-order valence-corrected chi connectivity index (χ3v) is 4.56. The van der Waals surface area contributed by atoms with E-state index in [0.29, 0.717) is 19.3 Å². The van der Waals surface area contributed by atoms with Crippen molar-refractivity contribution >= 4 is 0 Å². The predicted molar refractivity (Wildman–Crippen MR) is 86.7 cm³/mol. The molecule has 0 aliphatic carbocycles. The third-order valence-electron chi connectivity index (χ3n) is 4.56. The predicted octanol–water partition coefficient (Wildman–Crippen LogP) is 2.25. The van der Waals surface area contributed by atoms with Gasteiger partial charge in [0.2, 0.25) is 0 Å². The van der Waals surface area contributed by atoms with Crippen molar-refractivity contribution in [1.82, 2.24) is 20.3 Å². The van der Waals surface area contributed by atoms with Gasteiger partial charge in [-0.05, 0) is 44.0 Å². The summed E-state index contributed by atoms with van der Waals surface area (Å²) in [6.45, 7) is 3.22. The van der Waals surface area contributed by atoms with Gasteiger partial charge in [-0.2, -0.15) is 0 Å². The van der Waals surface area contributed by atoms with Gasteiger partial charge in [-0.25, -0.2) is 4.68 Å². The Hall–Kier alpha value is -2.08. The van der Waals surface area contributed by atoms with Crippen molar-refractivity contribution in [2.45, 2.75) is 38.3 Å². The quantitative estimate of drug-likeness (QED) is 0.938. The van der Waals surface area contributed by atoms with Crippen molar-refractivity contribution in [3.63, 3.8) is 0 Å². The van der Waals surface area contributed by atoms with Gasteiger partial charge in [0, 0.05) is 18.2 Å². The molecule has 1 fully saturated rings. The average molecular weight is 314 g/mol. The van der Waals surface area contributed by atoms with Crippen LogP contribution < -0.4 is 14.8 Å². The van der Waals surface area contributed by atoms with E-state index in [4.69, 9.17) is 9.47 Å². The largest absolute Gasteiger partial charge is 0.486 e. The summed E-state index contributed by atoms with van der Waals surface area (Å²) in [5.74, 6) is 1.61. The Morgan fingerprint density at radius 1 is 1.17 bits per heavy atom. The van der Waals surface area contributed by atoms with Crippen LogP contribution in [0.15, 0.2) is 24.4 Å². The van der Waals surface area contributed by atoms with Crippen LogP contribution in [0.5, 0.6) is 11.5 Å². The van der Waals surface area contributed by atoms with E-state index in [1.807, 2.05) is 29.1 Å². The lowest BCUT2D eigenvalue weighted by Crippen LogP contribution is -2.34. The number of rotatable bonds is 4. The number of nitrogens with zero attached hydrogens (tertiary/aromatic N) is 3. The Labute approximate surface area is 135 Å². The molecule has 122 valence electrons. The summed E-state index contributed by atoms with van der Waals surface area (Å²) in [7, 11) is 0. The second-order valence-electron chi connectivity index (χ2n) is 6.14. The van der Waals surface area contributed by atoms with E-state index < -0.39 is 0 Å². The molecule has 6 heteroatoms. The van der Waals surface area contributed by atoms with Gasteiger partial charge in [0.15, 0.2) is 11.5 Å². The van der Waals surface area contributed by atoms with Crippen LogP contribution >= 0.6 is 0 Å². The maximum Gasteiger partial charge on any atom is 0.162 e. The first-order valence-corrected chi connectivity index (χ1v) is 8.42. The zero-order valence-corrected chi connectivity index (χ0v) is 13.2. The smallest absolute Gasteiger partial charge is 0.162 e. The van der Waals surface area contributed by atoms with Crippen molar-refractivity contribution in [2.75, 3.05) is 19.8 Å². The molecule has 1 N–H and O–H groups in total. The van der Waals surface area contributed by atoms with E-state index in [0.717, 1.165) is 42.3 Å². The minimum absolute atomic E-state index is 0.598. The molecule has 0 saturated carbocycles. The van der Waals surface area contributed by atoms with Gasteiger partial charge in [-0.3, -0.25) is 0 Å². The highest BCUT2D eigenvalue weighted by Gasteiger charge is 2.16. The standard InChI is InChI=1S/C17H22N4O2/c1-2-7-18-14(3-1)6-8-21-15(12-19-20-21)13-4-5-16-17(11-13)23-10-9-22-16/h4-5,11-12,14,18H,1-3,6-10H2. The minimum Gasteiger partial charge on any atom is -0.486 e. The summed E-state index contributed by atoms with van der Waals surface area (Å²) in [5, 5.41) is 11.9. The van der Waals surface area contributed by atoms with Crippen LogP contribution in [-0.2, 0) is 6.54 Å². The second kappa shape index (κ2) is 6.58. The minimum atomic E-state index is 0.598. The molecule has 1 saturated heterocycles. The maximum atomic E-state index is 5.67. The maximum absolute atomic E-state index is 5.67. The Balaban J connectivity index is 1.50. The van der Waals surface area contributed by atoms with Gasteiger partial charge in [0.25, 0.3) is 0 Å². The highest BCUT2D eigenvalue weighted by molar-refractivity contribution is 5.63. The normalized spacial score (nSPS) is 20.4. The molecule has 1 aromatic heterocycles. The summed E-state index contributed by atoms with van der Waals surface area (Å²) >= 11 is 0. The lowest BCUT2D eigenvalue weighted by Gasteiger charge is -2.23. The molecule has 6 nitrogen and oxygen atoms in total. The van der Waals surface area contributed by atoms with Gasteiger partial charge < -0.3 is 14.8 Å². The highest BCUT2D eigenvalue weighted by atomic mass is 16.6. The monoisotopic (exact) mass is 314 g/mol. The molecule has 2 aliphatic rings. The van der Waals surface area contributed by atoms with E-state index >= 15 is 0 Å². The first-order valence-electron chi connectivity index (χ1n) is 8.42. The van der Waals surface area contributed by atoms with Crippen molar-refractivity contribution < 1.29 is 9.47 Å². The fraction of sp³-hybridized carbons (Fsp3) is 0.529. The average Bonchev–Trinajstić information content (AvgIpc) is 3.09. The Morgan fingerprint density at radius 2 is 2.09 bits per heavy atom. The van der Waals surface area contributed by atoms with Crippen molar-refractivity contribution in [3.8, 4) is 22.8 Å². The molecule has 0 spiro atoms. The van der Waals surface area contributed by atoms with E-state index in [1.165, 1.54) is 19.3 Å². The van der Waals surface area contributed by atoms with Crippen LogP contribution in [-0.4, -0.2) is 40.8 Å². The topological polar surface area (TPSA) is 61.2 Å². The SMILES string of the molecule is c1cc2c(cc1-c1cnnn1CCC1CCCCN1)OCCO2. The van der Waals surface area contributed by atoms with E-state index in [1.54, 1.807) is 0 Å². The number of piperidine rings is 1. The first-order chi connectivity index (χ1) is 11.4. The second-order valence-corrected chi connectivity index (χ2v) is 6.14. The van der Waals surface area contributed by atoms with Gasteiger partial charge in [0.05, 0.1) is 11.9 Å². The zero-order chi connectivity index (χ0) is 15.5. The summed E-state index contributed by atoms with van der Waals surface area (Å²) in [4.78, 5) is 0. The molecule has 23 heavy (non-hydrogen) atoms. The van der Waals surface area contributed by atoms with Crippen LogP contribution in [0.4, 0.5) is 0 Å².